The Morgan fingerprint density at radius 3 is 2.75 bits per heavy atom. The molecule has 0 radical (unpaired) electrons. The fourth-order valence-corrected chi connectivity index (χ4v) is 4.64. The number of hydrogen-bond acceptors (Lipinski definition) is 2. The van der Waals surface area contributed by atoms with Crippen LogP contribution in [0.25, 0.3) is 0 Å². The number of aliphatic hydroxyl groups is 2. The van der Waals surface area contributed by atoms with Crippen LogP contribution in [0.15, 0.2) is 47.6 Å². The molecule has 0 fully saturated rings. The topological polar surface area (TPSA) is 40.5 Å². The van der Waals surface area contributed by atoms with Gasteiger partial charge in [-0.3, -0.25) is 0 Å². The van der Waals surface area contributed by atoms with E-state index in [-0.39, 0.29) is 0 Å². The Bertz CT molecular complexity index is 565. The molecule has 0 aromatic heterocycles. The Hall–Kier alpha value is -1.12. The predicted octanol–water partition coefficient (Wildman–Crippen LogP) is 4.91. The Morgan fingerprint density at radius 1 is 1.21 bits per heavy atom. The van der Waals surface area contributed by atoms with E-state index in [1.165, 1.54) is 32.1 Å². The summed E-state index contributed by atoms with van der Waals surface area (Å²) in [7, 11) is 0. The minimum Gasteiger partial charge on any atom is -0.359 e. The average molecular weight is 328 g/mol. The summed E-state index contributed by atoms with van der Waals surface area (Å²) in [6, 6.07) is 0. The molecule has 0 spiro atoms. The molecule has 3 aliphatic carbocycles. The van der Waals surface area contributed by atoms with Crippen LogP contribution < -0.4 is 0 Å². The first-order valence-corrected chi connectivity index (χ1v) is 9.68. The Kier molecular flexibility index (Phi) is 5.46. The van der Waals surface area contributed by atoms with Crippen molar-refractivity contribution in [3.8, 4) is 0 Å². The van der Waals surface area contributed by atoms with Crippen molar-refractivity contribution in [2.24, 2.45) is 23.7 Å². The lowest BCUT2D eigenvalue weighted by molar-refractivity contribution is -0.0954. The van der Waals surface area contributed by atoms with E-state index in [2.05, 4.69) is 31.2 Å². The van der Waals surface area contributed by atoms with Crippen molar-refractivity contribution in [2.75, 3.05) is 0 Å². The fraction of sp³-hybridized carbons (Fsp3) is 0.636. The summed E-state index contributed by atoms with van der Waals surface area (Å²) in [5.74, 6) is 1.06. The summed E-state index contributed by atoms with van der Waals surface area (Å²) in [5, 5.41) is 20.5. The average Bonchev–Trinajstić information content (AvgIpc) is 2.84. The van der Waals surface area contributed by atoms with Crippen LogP contribution >= 0.6 is 0 Å². The van der Waals surface area contributed by atoms with Gasteiger partial charge in [0.1, 0.15) is 0 Å². The van der Waals surface area contributed by atoms with Gasteiger partial charge in [-0.1, -0.05) is 49.8 Å². The van der Waals surface area contributed by atoms with Gasteiger partial charge in [0.25, 0.3) is 0 Å². The molecular weight excluding hydrogens is 296 g/mol. The summed E-state index contributed by atoms with van der Waals surface area (Å²) < 4.78 is 0. The van der Waals surface area contributed by atoms with Crippen LogP contribution in [0.4, 0.5) is 0 Å². The van der Waals surface area contributed by atoms with Crippen molar-refractivity contribution in [3.05, 3.63) is 47.6 Å². The molecular formula is C22H32O2. The van der Waals surface area contributed by atoms with Crippen LogP contribution in [0.1, 0.15) is 58.8 Å². The summed E-state index contributed by atoms with van der Waals surface area (Å²) in [6.45, 7) is 4.01. The summed E-state index contributed by atoms with van der Waals surface area (Å²) in [5.41, 5.74) is 1.41. The molecule has 2 heteroatoms. The molecule has 4 unspecified atom stereocenters. The van der Waals surface area contributed by atoms with Gasteiger partial charge in [0.05, 0.1) is 0 Å². The number of allylic oxidation sites excluding steroid dienone is 6. The number of rotatable bonds is 6. The van der Waals surface area contributed by atoms with Gasteiger partial charge in [0.2, 0.25) is 5.79 Å². The maximum Gasteiger partial charge on any atom is 0.209 e. The van der Waals surface area contributed by atoms with E-state index >= 15 is 0 Å². The molecule has 0 aliphatic heterocycles. The second-order valence-electron chi connectivity index (χ2n) is 7.94. The van der Waals surface area contributed by atoms with E-state index in [9.17, 15) is 10.2 Å². The smallest absolute Gasteiger partial charge is 0.209 e. The monoisotopic (exact) mass is 328 g/mol. The maximum absolute atomic E-state index is 10.2. The maximum atomic E-state index is 10.2. The van der Waals surface area contributed by atoms with Gasteiger partial charge in [0, 0.05) is 0 Å². The SMILES string of the molecule is CCC(CCC1CC=CC2CCC=CC21)CC1=CC=C(C)C1(O)O. The lowest BCUT2D eigenvalue weighted by Crippen LogP contribution is -2.31. The summed E-state index contributed by atoms with van der Waals surface area (Å²) in [6.07, 6.45) is 21.5. The molecule has 4 atom stereocenters. The molecule has 0 bridgehead atoms. The van der Waals surface area contributed by atoms with E-state index in [4.69, 9.17) is 0 Å². The van der Waals surface area contributed by atoms with Crippen LogP contribution in [-0.4, -0.2) is 16.0 Å². The zero-order valence-corrected chi connectivity index (χ0v) is 15.1. The molecule has 0 aromatic carbocycles. The second kappa shape index (κ2) is 7.41. The van der Waals surface area contributed by atoms with Crippen molar-refractivity contribution in [1.82, 2.24) is 0 Å². The highest BCUT2D eigenvalue weighted by molar-refractivity contribution is 5.38. The first-order valence-electron chi connectivity index (χ1n) is 9.68. The first kappa shape index (κ1) is 17.7. The van der Waals surface area contributed by atoms with Crippen LogP contribution in [0.2, 0.25) is 0 Å². The third-order valence-corrected chi connectivity index (χ3v) is 6.45. The second-order valence-corrected chi connectivity index (χ2v) is 7.94. The van der Waals surface area contributed by atoms with Gasteiger partial charge in [0.15, 0.2) is 0 Å². The number of fused-ring (bicyclic) bond motifs is 1. The minimum absolute atomic E-state index is 0.533. The van der Waals surface area contributed by atoms with Crippen LogP contribution in [0.3, 0.4) is 0 Å². The Morgan fingerprint density at radius 2 is 2.04 bits per heavy atom. The Balaban J connectivity index is 1.56. The molecule has 2 nitrogen and oxygen atoms in total. The summed E-state index contributed by atoms with van der Waals surface area (Å²) in [4.78, 5) is 0. The van der Waals surface area contributed by atoms with E-state index in [1.807, 2.05) is 12.2 Å². The van der Waals surface area contributed by atoms with E-state index in [1.54, 1.807) is 6.92 Å². The fourth-order valence-electron chi connectivity index (χ4n) is 4.64. The predicted molar refractivity (Wildman–Crippen MR) is 99.2 cm³/mol. The molecule has 0 aromatic rings. The third kappa shape index (κ3) is 3.60. The van der Waals surface area contributed by atoms with Crippen molar-refractivity contribution in [3.63, 3.8) is 0 Å². The van der Waals surface area contributed by atoms with E-state index < -0.39 is 5.79 Å². The quantitative estimate of drug-likeness (QED) is 0.537. The Labute approximate surface area is 146 Å². The van der Waals surface area contributed by atoms with Gasteiger partial charge in [-0.05, 0) is 80.3 Å². The standard InChI is InChI=1S/C22H32O2/c1-3-17(15-20-14-11-16(2)22(20,23)24)12-13-19-9-6-8-18-7-4-5-10-21(18)19/h5-6,8,10-11,14,17-19,21,23-24H,3-4,7,9,12-13,15H2,1-2H3. The zero-order valence-electron chi connectivity index (χ0n) is 15.1. The zero-order chi connectivity index (χ0) is 17.2. The van der Waals surface area contributed by atoms with E-state index in [0.717, 1.165) is 36.2 Å². The normalized spacial score (nSPS) is 32.2. The molecule has 0 saturated heterocycles. The molecule has 132 valence electrons. The third-order valence-electron chi connectivity index (χ3n) is 6.45. The first-order chi connectivity index (χ1) is 11.5. The van der Waals surface area contributed by atoms with Gasteiger partial charge >= 0.3 is 0 Å². The molecule has 0 heterocycles. The molecule has 2 N–H and O–H groups in total. The van der Waals surface area contributed by atoms with Crippen molar-refractivity contribution in [2.45, 2.75) is 64.6 Å². The van der Waals surface area contributed by atoms with Gasteiger partial charge < -0.3 is 10.2 Å². The van der Waals surface area contributed by atoms with Crippen LogP contribution in [-0.2, 0) is 0 Å². The van der Waals surface area contributed by atoms with Gasteiger partial charge in [-0.15, -0.1) is 0 Å². The van der Waals surface area contributed by atoms with Crippen LogP contribution in [0, 0.1) is 23.7 Å². The molecule has 0 saturated carbocycles. The van der Waals surface area contributed by atoms with Crippen molar-refractivity contribution in [1.29, 1.82) is 0 Å². The lowest BCUT2D eigenvalue weighted by Gasteiger charge is -2.36. The van der Waals surface area contributed by atoms with Crippen LogP contribution in [0.5, 0.6) is 0 Å². The molecule has 24 heavy (non-hydrogen) atoms. The molecule has 3 aliphatic rings. The van der Waals surface area contributed by atoms with Gasteiger partial charge in [-0.25, -0.2) is 0 Å². The van der Waals surface area contributed by atoms with E-state index in [0.29, 0.717) is 11.5 Å². The molecule has 0 amide bonds. The highest BCUT2D eigenvalue weighted by atomic mass is 16.5. The lowest BCUT2D eigenvalue weighted by atomic mass is 9.69. The number of hydrogen-bond donors (Lipinski definition) is 2. The summed E-state index contributed by atoms with van der Waals surface area (Å²) >= 11 is 0. The molecule has 3 rings (SSSR count). The highest BCUT2D eigenvalue weighted by Gasteiger charge is 2.35. The van der Waals surface area contributed by atoms with Crippen molar-refractivity contribution < 1.29 is 10.2 Å². The minimum atomic E-state index is -1.71. The highest BCUT2D eigenvalue weighted by Crippen LogP contribution is 2.41. The van der Waals surface area contributed by atoms with Crippen molar-refractivity contribution >= 4 is 0 Å². The largest absolute Gasteiger partial charge is 0.359 e. The van der Waals surface area contributed by atoms with Gasteiger partial charge in [-0.2, -0.15) is 0 Å².